The lowest BCUT2D eigenvalue weighted by Crippen LogP contribution is -2.30. The predicted octanol–water partition coefficient (Wildman–Crippen LogP) is 5.20. The molecule has 1 fully saturated rings. The Balaban J connectivity index is 1.47. The zero-order valence-corrected chi connectivity index (χ0v) is 17.5. The highest BCUT2D eigenvalue weighted by molar-refractivity contribution is 5.94. The Hall–Kier alpha value is -3.15. The number of amides is 1. The normalized spacial score (nSPS) is 16.1. The molecule has 0 radical (unpaired) electrons. The molecule has 1 atom stereocenters. The van der Waals surface area contributed by atoms with E-state index in [4.69, 9.17) is 9.26 Å². The summed E-state index contributed by atoms with van der Waals surface area (Å²) in [6, 6.07) is 15.2. The molecule has 1 aliphatic rings. The average molecular weight is 405 g/mol. The van der Waals surface area contributed by atoms with Crippen LogP contribution in [0.4, 0.5) is 0 Å². The summed E-state index contributed by atoms with van der Waals surface area (Å²) in [7, 11) is 0. The number of aryl methyl sites for hydroxylation is 1. The molecule has 156 valence electrons. The van der Waals surface area contributed by atoms with E-state index in [0.29, 0.717) is 30.4 Å². The maximum atomic E-state index is 13.1. The van der Waals surface area contributed by atoms with E-state index in [9.17, 15) is 4.79 Å². The lowest BCUT2D eigenvalue weighted by molar-refractivity contribution is 0.0710. The van der Waals surface area contributed by atoms with Crippen molar-refractivity contribution in [3.63, 3.8) is 0 Å². The number of carbonyl (C=O) groups excluding carboxylic acids is 1. The van der Waals surface area contributed by atoms with Gasteiger partial charge in [0.2, 0.25) is 11.7 Å². The fraction of sp³-hybridized carbons (Fsp3) is 0.375. The van der Waals surface area contributed by atoms with Crippen LogP contribution in [0.2, 0.25) is 0 Å². The van der Waals surface area contributed by atoms with E-state index in [1.165, 1.54) is 5.56 Å². The molecule has 1 aliphatic heterocycles. The first kappa shape index (κ1) is 20.1. The van der Waals surface area contributed by atoms with E-state index >= 15 is 0 Å². The predicted molar refractivity (Wildman–Crippen MR) is 114 cm³/mol. The molecule has 0 aliphatic carbocycles. The van der Waals surface area contributed by atoms with Gasteiger partial charge >= 0.3 is 0 Å². The second-order valence-corrected chi connectivity index (χ2v) is 7.71. The molecule has 1 saturated heterocycles. The first-order chi connectivity index (χ1) is 14.7. The number of benzene rings is 2. The molecule has 2 aromatic carbocycles. The molecule has 0 N–H and O–H groups in total. The first-order valence-corrected chi connectivity index (χ1v) is 10.6. The standard InChI is InChI=1S/C24H27N3O3/c1-3-4-16-29-20-13-11-19(12-14-20)24(28)27-15-5-6-21(27)23-25-22(26-30-23)18-9-7-17(2)8-10-18/h7-14,21H,3-6,15-16H2,1-2H3. The molecule has 0 saturated carbocycles. The Labute approximate surface area is 176 Å². The monoisotopic (exact) mass is 405 g/mol. The highest BCUT2D eigenvalue weighted by Crippen LogP contribution is 2.33. The highest BCUT2D eigenvalue weighted by atomic mass is 16.5. The van der Waals surface area contributed by atoms with Gasteiger partial charge in [0, 0.05) is 17.7 Å². The van der Waals surface area contributed by atoms with Crippen molar-refractivity contribution in [2.24, 2.45) is 0 Å². The molecule has 4 rings (SSSR count). The molecular formula is C24H27N3O3. The van der Waals surface area contributed by atoms with E-state index in [-0.39, 0.29) is 11.9 Å². The van der Waals surface area contributed by atoms with Crippen molar-refractivity contribution in [1.29, 1.82) is 0 Å². The Kier molecular flexibility index (Phi) is 6.12. The van der Waals surface area contributed by atoms with Crippen molar-refractivity contribution in [2.45, 2.75) is 45.6 Å². The molecule has 1 amide bonds. The summed E-state index contributed by atoms with van der Waals surface area (Å²) in [4.78, 5) is 19.5. The van der Waals surface area contributed by atoms with E-state index < -0.39 is 0 Å². The highest BCUT2D eigenvalue weighted by Gasteiger charge is 2.34. The molecule has 1 unspecified atom stereocenters. The molecule has 30 heavy (non-hydrogen) atoms. The average Bonchev–Trinajstić information content (AvgIpc) is 3.44. The van der Waals surface area contributed by atoms with Gasteiger partial charge in [-0.05, 0) is 50.5 Å². The fourth-order valence-electron chi connectivity index (χ4n) is 3.65. The van der Waals surface area contributed by atoms with Crippen LogP contribution in [0.1, 0.15) is 60.5 Å². The second-order valence-electron chi connectivity index (χ2n) is 7.71. The molecule has 1 aromatic heterocycles. The number of ether oxygens (including phenoxy) is 1. The fourth-order valence-corrected chi connectivity index (χ4v) is 3.65. The third-order valence-electron chi connectivity index (χ3n) is 5.42. The number of nitrogens with zero attached hydrogens (tertiary/aromatic N) is 3. The summed E-state index contributed by atoms with van der Waals surface area (Å²) in [6.07, 6.45) is 3.84. The quantitative estimate of drug-likeness (QED) is 0.505. The van der Waals surface area contributed by atoms with Gasteiger partial charge in [-0.25, -0.2) is 0 Å². The van der Waals surface area contributed by atoms with Crippen LogP contribution in [-0.2, 0) is 0 Å². The van der Waals surface area contributed by atoms with Crippen LogP contribution in [0, 0.1) is 6.92 Å². The summed E-state index contributed by atoms with van der Waals surface area (Å²) in [5, 5.41) is 4.13. The van der Waals surface area contributed by atoms with Crippen molar-refractivity contribution in [3.05, 3.63) is 65.5 Å². The van der Waals surface area contributed by atoms with Crippen molar-refractivity contribution in [3.8, 4) is 17.1 Å². The Morgan fingerprint density at radius 2 is 1.93 bits per heavy atom. The number of unbranched alkanes of at least 4 members (excludes halogenated alkanes) is 1. The van der Waals surface area contributed by atoms with Gasteiger partial charge in [-0.2, -0.15) is 4.98 Å². The lowest BCUT2D eigenvalue weighted by atomic mass is 10.1. The van der Waals surface area contributed by atoms with Gasteiger partial charge < -0.3 is 14.2 Å². The number of carbonyl (C=O) groups is 1. The molecule has 6 nitrogen and oxygen atoms in total. The largest absolute Gasteiger partial charge is 0.494 e. The summed E-state index contributed by atoms with van der Waals surface area (Å²) in [6.45, 7) is 5.54. The Morgan fingerprint density at radius 1 is 1.17 bits per heavy atom. The second kappa shape index (κ2) is 9.11. The SMILES string of the molecule is CCCCOc1ccc(C(=O)N2CCCC2c2nc(-c3ccc(C)cc3)no2)cc1. The zero-order valence-electron chi connectivity index (χ0n) is 17.5. The van der Waals surface area contributed by atoms with Gasteiger partial charge in [-0.3, -0.25) is 4.79 Å². The summed E-state index contributed by atoms with van der Waals surface area (Å²) < 4.78 is 11.2. The first-order valence-electron chi connectivity index (χ1n) is 10.6. The van der Waals surface area contributed by atoms with Crippen LogP contribution >= 0.6 is 0 Å². The summed E-state index contributed by atoms with van der Waals surface area (Å²) in [5.74, 6) is 1.82. The molecule has 0 spiro atoms. The third-order valence-corrected chi connectivity index (χ3v) is 5.42. The maximum Gasteiger partial charge on any atom is 0.254 e. The third kappa shape index (κ3) is 4.37. The van der Waals surface area contributed by atoms with E-state index in [0.717, 1.165) is 37.0 Å². The summed E-state index contributed by atoms with van der Waals surface area (Å²) >= 11 is 0. The van der Waals surface area contributed by atoms with Gasteiger partial charge in [0.1, 0.15) is 11.8 Å². The zero-order chi connectivity index (χ0) is 20.9. The smallest absolute Gasteiger partial charge is 0.254 e. The van der Waals surface area contributed by atoms with Crippen LogP contribution in [0.5, 0.6) is 5.75 Å². The molecule has 3 aromatic rings. The van der Waals surface area contributed by atoms with Crippen molar-refractivity contribution < 1.29 is 14.1 Å². The summed E-state index contributed by atoms with van der Waals surface area (Å²) in [5.41, 5.74) is 2.73. The van der Waals surface area contributed by atoms with Crippen LogP contribution in [0.3, 0.4) is 0 Å². The number of likely N-dealkylation sites (tertiary alicyclic amines) is 1. The number of hydrogen-bond donors (Lipinski definition) is 0. The van der Waals surface area contributed by atoms with E-state index in [1.54, 1.807) is 0 Å². The van der Waals surface area contributed by atoms with Crippen LogP contribution in [0.15, 0.2) is 53.1 Å². The minimum atomic E-state index is -0.190. The minimum Gasteiger partial charge on any atom is -0.494 e. The van der Waals surface area contributed by atoms with Crippen molar-refractivity contribution in [2.75, 3.05) is 13.2 Å². The molecule has 6 heteroatoms. The minimum absolute atomic E-state index is 0.0207. The van der Waals surface area contributed by atoms with Crippen molar-refractivity contribution >= 4 is 5.91 Å². The molecule has 0 bridgehead atoms. The Bertz CT molecular complexity index is 980. The van der Waals surface area contributed by atoms with Crippen LogP contribution in [-0.4, -0.2) is 34.1 Å². The van der Waals surface area contributed by atoms with Crippen LogP contribution in [0.25, 0.3) is 11.4 Å². The van der Waals surface area contributed by atoms with Crippen LogP contribution < -0.4 is 4.74 Å². The lowest BCUT2D eigenvalue weighted by Gasteiger charge is -2.22. The number of rotatable bonds is 7. The van der Waals surface area contributed by atoms with E-state index in [2.05, 4.69) is 17.1 Å². The maximum absolute atomic E-state index is 13.1. The van der Waals surface area contributed by atoms with Gasteiger partial charge in [0.25, 0.3) is 5.91 Å². The number of hydrogen-bond acceptors (Lipinski definition) is 5. The van der Waals surface area contributed by atoms with Gasteiger partial charge in [0.15, 0.2) is 0 Å². The van der Waals surface area contributed by atoms with Gasteiger partial charge in [-0.15, -0.1) is 0 Å². The molecular weight excluding hydrogens is 378 g/mol. The van der Waals surface area contributed by atoms with E-state index in [1.807, 2.05) is 60.4 Å². The molecule has 2 heterocycles. The van der Waals surface area contributed by atoms with Gasteiger partial charge in [0.05, 0.1) is 6.61 Å². The Morgan fingerprint density at radius 3 is 2.67 bits per heavy atom. The number of aromatic nitrogens is 2. The topological polar surface area (TPSA) is 68.5 Å². The van der Waals surface area contributed by atoms with Crippen molar-refractivity contribution in [1.82, 2.24) is 15.0 Å². The van der Waals surface area contributed by atoms with Gasteiger partial charge in [-0.1, -0.05) is 48.3 Å².